The second-order valence-electron chi connectivity index (χ2n) is 6.81. The zero-order chi connectivity index (χ0) is 20.1. The Hall–Kier alpha value is -3.33. The summed E-state index contributed by atoms with van der Waals surface area (Å²) in [6, 6.07) is 12.6. The van der Waals surface area contributed by atoms with E-state index in [2.05, 4.69) is 16.8 Å². The van der Waals surface area contributed by atoms with Crippen molar-refractivity contribution in [3.63, 3.8) is 0 Å². The highest BCUT2D eigenvalue weighted by molar-refractivity contribution is 5.90. The smallest absolute Gasteiger partial charge is 0.391 e. The van der Waals surface area contributed by atoms with Gasteiger partial charge in [0.2, 0.25) is 5.88 Å². The highest BCUT2D eigenvalue weighted by atomic mass is 16.5. The van der Waals surface area contributed by atoms with E-state index in [0.717, 1.165) is 17.5 Å². The van der Waals surface area contributed by atoms with Crippen molar-refractivity contribution in [2.75, 3.05) is 18.6 Å². The van der Waals surface area contributed by atoms with Crippen LogP contribution in [0.4, 0.5) is 5.82 Å². The number of hydrogen-bond acceptors (Lipinski definition) is 6. The normalized spacial score (nSPS) is 18.2. The quantitative estimate of drug-likeness (QED) is 0.604. The fourth-order valence-corrected chi connectivity index (χ4v) is 3.33. The van der Waals surface area contributed by atoms with Crippen molar-refractivity contribution in [3.05, 3.63) is 53.6 Å². The minimum atomic E-state index is -0.783. The Morgan fingerprint density at radius 1 is 1.18 bits per heavy atom. The van der Waals surface area contributed by atoms with Crippen LogP contribution in [0.15, 0.2) is 42.5 Å². The molecule has 1 aliphatic rings. The molecule has 1 saturated heterocycles. The Morgan fingerprint density at radius 2 is 1.96 bits per heavy atom. The van der Waals surface area contributed by atoms with Crippen LogP contribution in [-0.4, -0.2) is 36.1 Å². The van der Waals surface area contributed by atoms with E-state index in [9.17, 15) is 9.59 Å². The second-order valence-corrected chi connectivity index (χ2v) is 6.81. The molecule has 0 aliphatic carbocycles. The van der Waals surface area contributed by atoms with Crippen LogP contribution in [-0.2, 0) is 14.3 Å². The van der Waals surface area contributed by atoms with E-state index in [0.29, 0.717) is 18.8 Å². The first kappa shape index (κ1) is 19.4. The maximum Gasteiger partial charge on any atom is 0.391 e. The predicted octanol–water partition coefficient (Wildman–Crippen LogP) is 2.88. The molecule has 6 heteroatoms. The summed E-state index contributed by atoms with van der Waals surface area (Å²) >= 11 is 0. The molecule has 2 heterocycles. The van der Waals surface area contributed by atoms with E-state index in [1.54, 1.807) is 18.2 Å². The minimum Gasteiger partial charge on any atom is -0.467 e. The van der Waals surface area contributed by atoms with E-state index in [4.69, 9.17) is 9.47 Å². The summed E-state index contributed by atoms with van der Waals surface area (Å²) in [6.45, 7) is 4.43. The van der Waals surface area contributed by atoms with Crippen molar-refractivity contribution < 1.29 is 19.1 Å². The number of rotatable bonds is 3. The number of aryl methyl sites for hydroxylation is 1. The molecule has 6 nitrogen and oxygen atoms in total. The van der Waals surface area contributed by atoms with Crippen molar-refractivity contribution in [2.24, 2.45) is 0 Å². The number of benzene rings is 1. The first-order valence-electron chi connectivity index (χ1n) is 9.06. The summed E-state index contributed by atoms with van der Waals surface area (Å²) < 4.78 is 10.2. The number of aromatic nitrogens is 1. The first-order valence-corrected chi connectivity index (χ1v) is 9.06. The van der Waals surface area contributed by atoms with Crippen molar-refractivity contribution in [1.29, 1.82) is 0 Å². The molecule has 3 rings (SSSR count). The van der Waals surface area contributed by atoms with Gasteiger partial charge in [-0.15, -0.1) is 0 Å². The maximum absolute atomic E-state index is 12.2. The molecule has 1 aromatic heterocycles. The number of pyridine rings is 1. The molecule has 0 N–H and O–H groups in total. The number of methoxy groups -OCH3 is 1. The van der Waals surface area contributed by atoms with Gasteiger partial charge in [-0.05, 0) is 44.4 Å². The topological polar surface area (TPSA) is 68.7 Å². The molecule has 0 spiro atoms. The number of carbonyl (C=O) groups excluding carboxylic acids is 2. The van der Waals surface area contributed by atoms with Gasteiger partial charge in [-0.25, -0.2) is 9.59 Å². The van der Waals surface area contributed by atoms with Gasteiger partial charge >= 0.3 is 11.9 Å². The molecule has 0 unspecified atom stereocenters. The van der Waals surface area contributed by atoms with E-state index in [-0.39, 0.29) is 11.8 Å². The average molecular weight is 378 g/mol. The van der Waals surface area contributed by atoms with Gasteiger partial charge in [0.25, 0.3) is 0 Å². The summed E-state index contributed by atoms with van der Waals surface area (Å²) in [4.78, 5) is 30.6. The summed E-state index contributed by atoms with van der Waals surface area (Å²) in [5, 5.41) is 0. The Bertz CT molecular complexity index is 960. The molecular weight excluding hydrogens is 356 g/mol. The second kappa shape index (κ2) is 8.13. The van der Waals surface area contributed by atoms with Crippen LogP contribution in [0.1, 0.15) is 30.9 Å². The van der Waals surface area contributed by atoms with Crippen LogP contribution in [0.5, 0.6) is 5.88 Å². The molecule has 1 aliphatic heterocycles. The van der Waals surface area contributed by atoms with Gasteiger partial charge in [-0.1, -0.05) is 30.2 Å². The van der Waals surface area contributed by atoms with Gasteiger partial charge in [0.15, 0.2) is 0 Å². The van der Waals surface area contributed by atoms with Gasteiger partial charge in [-0.3, -0.25) is 0 Å². The molecule has 0 saturated carbocycles. The van der Waals surface area contributed by atoms with E-state index in [1.165, 1.54) is 7.11 Å². The summed E-state index contributed by atoms with van der Waals surface area (Å²) in [5.74, 6) is 5.00. The first-order chi connectivity index (χ1) is 13.4. The van der Waals surface area contributed by atoms with Crippen LogP contribution < -0.4 is 9.64 Å². The number of esters is 2. The highest BCUT2D eigenvalue weighted by Gasteiger charge is 2.45. The van der Waals surface area contributed by atoms with E-state index in [1.807, 2.05) is 43.0 Å². The average Bonchev–Trinajstić information content (AvgIpc) is 3.10. The van der Waals surface area contributed by atoms with Gasteiger partial charge in [-0.2, -0.15) is 4.98 Å². The Kier molecular flexibility index (Phi) is 5.65. The van der Waals surface area contributed by atoms with E-state index >= 15 is 0 Å². The van der Waals surface area contributed by atoms with Crippen LogP contribution in [0.3, 0.4) is 0 Å². The van der Waals surface area contributed by atoms with E-state index < -0.39 is 11.5 Å². The Labute approximate surface area is 164 Å². The molecule has 144 valence electrons. The molecule has 1 fully saturated rings. The highest BCUT2D eigenvalue weighted by Crippen LogP contribution is 2.34. The van der Waals surface area contributed by atoms with Crippen LogP contribution in [0, 0.1) is 18.8 Å². The van der Waals surface area contributed by atoms with Gasteiger partial charge < -0.3 is 14.4 Å². The Morgan fingerprint density at radius 3 is 2.71 bits per heavy atom. The molecule has 2 aromatic rings. The van der Waals surface area contributed by atoms with Crippen molar-refractivity contribution >= 4 is 17.8 Å². The van der Waals surface area contributed by atoms with Crippen LogP contribution in [0.2, 0.25) is 0 Å². The lowest BCUT2D eigenvalue weighted by atomic mass is 9.99. The zero-order valence-corrected chi connectivity index (χ0v) is 16.2. The maximum atomic E-state index is 12.2. The summed E-state index contributed by atoms with van der Waals surface area (Å²) in [5.41, 5.74) is 0.973. The fraction of sp³-hybridized carbons (Fsp3) is 0.318. The van der Waals surface area contributed by atoms with Gasteiger partial charge in [0.05, 0.1) is 7.11 Å². The Balaban J connectivity index is 1.76. The number of nitrogens with zero attached hydrogens (tertiary/aromatic N) is 2. The molecule has 1 aromatic carbocycles. The molecule has 28 heavy (non-hydrogen) atoms. The molecular formula is C22H22N2O4. The molecule has 0 amide bonds. The predicted molar refractivity (Wildman–Crippen MR) is 105 cm³/mol. The standard InChI is InChI=1S/C22H22N2O4/c1-16-8-4-5-9-17(16)12-13-20(25)28-19-11-6-10-18(23-19)24-15-7-14-22(24,2)21(26)27-3/h4-6,8-11H,7,14-15H2,1-3H3/t22-/m1/s1. The fourth-order valence-electron chi connectivity index (χ4n) is 3.33. The van der Waals surface area contributed by atoms with Crippen molar-refractivity contribution in [1.82, 2.24) is 4.98 Å². The molecule has 0 bridgehead atoms. The number of anilines is 1. The third-order valence-electron chi connectivity index (χ3n) is 4.89. The summed E-state index contributed by atoms with van der Waals surface area (Å²) in [7, 11) is 1.38. The lowest BCUT2D eigenvalue weighted by molar-refractivity contribution is -0.146. The third-order valence-corrected chi connectivity index (χ3v) is 4.89. The molecule has 0 radical (unpaired) electrons. The monoisotopic (exact) mass is 378 g/mol. The molecule has 1 atom stereocenters. The lowest BCUT2D eigenvalue weighted by Gasteiger charge is -2.33. The minimum absolute atomic E-state index is 0.140. The van der Waals surface area contributed by atoms with Crippen LogP contribution >= 0.6 is 0 Å². The zero-order valence-electron chi connectivity index (χ0n) is 16.2. The SMILES string of the molecule is COC(=O)[C@@]1(C)CCCN1c1cccc(OC(=O)C#Cc2ccccc2C)n1. The largest absolute Gasteiger partial charge is 0.467 e. The lowest BCUT2D eigenvalue weighted by Crippen LogP contribution is -2.49. The van der Waals surface area contributed by atoms with Crippen molar-refractivity contribution in [2.45, 2.75) is 32.2 Å². The van der Waals surface area contributed by atoms with Crippen LogP contribution in [0.25, 0.3) is 0 Å². The summed E-state index contributed by atoms with van der Waals surface area (Å²) in [6.07, 6.45) is 1.52. The number of hydrogen-bond donors (Lipinski definition) is 0. The van der Waals surface area contributed by atoms with Gasteiger partial charge in [0, 0.05) is 24.1 Å². The third kappa shape index (κ3) is 3.99. The van der Waals surface area contributed by atoms with Crippen molar-refractivity contribution in [3.8, 4) is 17.7 Å². The number of carbonyl (C=O) groups is 2. The van der Waals surface area contributed by atoms with Gasteiger partial charge in [0.1, 0.15) is 11.4 Å². The number of ether oxygens (including phenoxy) is 2.